The van der Waals surface area contributed by atoms with Crippen LogP contribution in [-0.2, 0) is 0 Å². The van der Waals surface area contributed by atoms with Gasteiger partial charge in [0.25, 0.3) is 0 Å². The minimum absolute atomic E-state index is 0.111. The highest BCUT2D eigenvalue weighted by atomic mass is 32.2. The van der Waals surface area contributed by atoms with E-state index < -0.39 is 0 Å². The van der Waals surface area contributed by atoms with Gasteiger partial charge in [0.2, 0.25) is 0 Å². The summed E-state index contributed by atoms with van der Waals surface area (Å²) in [7, 11) is 3.31. The Hall–Kier alpha value is -1.65. The number of rotatable bonds is 6. The van der Waals surface area contributed by atoms with Crippen molar-refractivity contribution in [2.45, 2.75) is 17.9 Å². The molecule has 3 nitrogen and oxygen atoms in total. The van der Waals surface area contributed by atoms with Gasteiger partial charge in [0.15, 0.2) is 0 Å². The Bertz CT molecular complexity index is 601. The standard InChI is InChI=1S/C17H21NO2S/c1-12-5-4-6-14(9-12)21-11-16(18)15-10-13(19-2)7-8-17(15)20-3/h4-10,16H,11,18H2,1-3H3. The summed E-state index contributed by atoms with van der Waals surface area (Å²) in [5.41, 5.74) is 8.55. The number of nitrogens with two attached hydrogens (primary N) is 1. The van der Waals surface area contributed by atoms with Gasteiger partial charge in [0, 0.05) is 22.3 Å². The molecule has 2 aromatic carbocycles. The summed E-state index contributed by atoms with van der Waals surface area (Å²) in [6.45, 7) is 2.09. The third-order valence-electron chi connectivity index (χ3n) is 3.26. The minimum atomic E-state index is -0.111. The van der Waals surface area contributed by atoms with E-state index in [-0.39, 0.29) is 6.04 Å². The highest BCUT2D eigenvalue weighted by molar-refractivity contribution is 7.99. The van der Waals surface area contributed by atoms with Gasteiger partial charge in [-0.1, -0.05) is 17.7 Å². The first-order valence-electron chi connectivity index (χ1n) is 6.81. The van der Waals surface area contributed by atoms with E-state index in [1.807, 2.05) is 18.2 Å². The topological polar surface area (TPSA) is 44.5 Å². The first-order chi connectivity index (χ1) is 10.1. The van der Waals surface area contributed by atoms with Crippen LogP contribution in [0.25, 0.3) is 0 Å². The third-order valence-corrected chi connectivity index (χ3v) is 4.37. The van der Waals surface area contributed by atoms with Crippen LogP contribution in [-0.4, -0.2) is 20.0 Å². The summed E-state index contributed by atoms with van der Waals surface area (Å²) in [5.74, 6) is 2.38. The van der Waals surface area contributed by atoms with E-state index in [0.717, 1.165) is 22.8 Å². The van der Waals surface area contributed by atoms with Gasteiger partial charge in [-0.25, -0.2) is 0 Å². The van der Waals surface area contributed by atoms with Crippen LogP contribution in [0.5, 0.6) is 11.5 Å². The van der Waals surface area contributed by atoms with Crippen molar-refractivity contribution >= 4 is 11.8 Å². The molecule has 1 atom stereocenters. The van der Waals surface area contributed by atoms with Crippen LogP contribution in [0.2, 0.25) is 0 Å². The summed E-state index contributed by atoms with van der Waals surface area (Å²) in [5, 5.41) is 0. The second-order valence-corrected chi connectivity index (χ2v) is 5.94. The molecule has 2 rings (SSSR count). The Balaban J connectivity index is 2.10. The molecule has 0 aromatic heterocycles. The van der Waals surface area contributed by atoms with Gasteiger partial charge in [-0.15, -0.1) is 11.8 Å². The minimum Gasteiger partial charge on any atom is -0.497 e. The Morgan fingerprint density at radius 1 is 1.10 bits per heavy atom. The lowest BCUT2D eigenvalue weighted by Crippen LogP contribution is -2.14. The number of ether oxygens (including phenoxy) is 2. The van der Waals surface area contributed by atoms with Crippen molar-refractivity contribution in [3.8, 4) is 11.5 Å². The van der Waals surface area contributed by atoms with Crippen molar-refractivity contribution in [1.29, 1.82) is 0 Å². The maximum atomic E-state index is 6.32. The van der Waals surface area contributed by atoms with Gasteiger partial charge < -0.3 is 15.2 Å². The predicted octanol–water partition coefficient (Wildman–Crippen LogP) is 3.80. The zero-order valence-corrected chi connectivity index (χ0v) is 13.4. The summed E-state index contributed by atoms with van der Waals surface area (Å²) >= 11 is 1.75. The van der Waals surface area contributed by atoms with E-state index in [2.05, 4.69) is 31.2 Å². The van der Waals surface area contributed by atoms with E-state index >= 15 is 0 Å². The first kappa shape index (κ1) is 15.7. The van der Waals surface area contributed by atoms with Gasteiger partial charge >= 0.3 is 0 Å². The summed E-state index contributed by atoms with van der Waals surface area (Å²) in [6, 6.07) is 14.0. The summed E-state index contributed by atoms with van der Waals surface area (Å²) in [4.78, 5) is 1.23. The fraction of sp³-hybridized carbons (Fsp3) is 0.294. The number of thioether (sulfide) groups is 1. The van der Waals surface area contributed by atoms with Crippen molar-refractivity contribution in [3.63, 3.8) is 0 Å². The Kier molecular flexibility index (Phi) is 5.53. The van der Waals surface area contributed by atoms with Crippen LogP contribution in [0.4, 0.5) is 0 Å². The molecular weight excluding hydrogens is 282 g/mol. The molecule has 0 amide bonds. The molecule has 0 saturated carbocycles. The molecule has 2 aromatic rings. The molecule has 0 aliphatic carbocycles. The zero-order valence-electron chi connectivity index (χ0n) is 12.6. The lowest BCUT2D eigenvalue weighted by Gasteiger charge is -2.16. The molecule has 0 heterocycles. The molecule has 0 aliphatic heterocycles. The van der Waals surface area contributed by atoms with E-state index in [9.17, 15) is 0 Å². The number of methoxy groups -OCH3 is 2. The third kappa shape index (κ3) is 4.16. The van der Waals surface area contributed by atoms with Gasteiger partial charge in [-0.2, -0.15) is 0 Å². The van der Waals surface area contributed by atoms with Crippen molar-refractivity contribution in [3.05, 3.63) is 53.6 Å². The fourth-order valence-corrected chi connectivity index (χ4v) is 3.11. The molecule has 2 N–H and O–H groups in total. The zero-order chi connectivity index (χ0) is 15.2. The van der Waals surface area contributed by atoms with Crippen molar-refractivity contribution < 1.29 is 9.47 Å². The molecule has 0 bridgehead atoms. The molecule has 0 radical (unpaired) electrons. The average molecular weight is 303 g/mol. The molecule has 0 saturated heterocycles. The fourth-order valence-electron chi connectivity index (χ4n) is 2.11. The maximum Gasteiger partial charge on any atom is 0.123 e. The number of hydrogen-bond donors (Lipinski definition) is 1. The number of benzene rings is 2. The van der Waals surface area contributed by atoms with Crippen molar-refractivity contribution in [2.75, 3.05) is 20.0 Å². The molecule has 21 heavy (non-hydrogen) atoms. The number of aryl methyl sites for hydroxylation is 1. The van der Waals surface area contributed by atoms with E-state index in [1.54, 1.807) is 26.0 Å². The normalized spacial score (nSPS) is 12.0. The quantitative estimate of drug-likeness (QED) is 0.824. The molecule has 1 unspecified atom stereocenters. The highest BCUT2D eigenvalue weighted by Gasteiger charge is 2.13. The molecular formula is C17H21NO2S. The van der Waals surface area contributed by atoms with Crippen LogP contribution >= 0.6 is 11.8 Å². The first-order valence-corrected chi connectivity index (χ1v) is 7.79. The van der Waals surface area contributed by atoms with Crippen LogP contribution in [0, 0.1) is 6.92 Å². The van der Waals surface area contributed by atoms with E-state index in [4.69, 9.17) is 15.2 Å². The van der Waals surface area contributed by atoms with Crippen LogP contribution in [0.1, 0.15) is 17.2 Å². The van der Waals surface area contributed by atoms with Crippen LogP contribution < -0.4 is 15.2 Å². The molecule has 0 aliphatic rings. The van der Waals surface area contributed by atoms with Gasteiger partial charge in [0.05, 0.1) is 14.2 Å². The molecule has 0 fully saturated rings. The monoisotopic (exact) mass is 303 g/mol. The average Bonchev–Trinajstić information content (AvgIpc) is 2.52. The van der Waals surface area contributed by atoms with Crippen molar-refractivity contribution in [2.24, 2.45) is 5.73 Å². The lowest BCUT2D eigenvalue weighted by atomic mass is 10.1. The Morgan fingerprint density at radius 2 is 1.90 bits per heavy atom. The maximum absolute atomic E-state index is 6.32. The summed E-state index contributed by atoms with van der Waals surface area (Å²) < 4.78 is 10.7. The molecule has 0 spiro atoms. The Morgan fingerprint density at radius 3 is 2.57 bits per heavy atom. The molecule has 112 valence electrons. The van der Waals surface area contributed by atoms with Crippen molar-refractivity contribution in [1.82, 2.24) is 0 Å². The van der Waals surface area contributed by atoms with Gasteiger partial charge in [0.1, 0.15) is 11.5 Å². The highest BCUT2D eigenvalue weighted by Crippen LogP contribution is 2.31. The SMILES string of the molecule is COc1ccc(OC)c(C(N)CSc2cccc(C)c2)c1. The van der Waals surface area contributed by atoms with Gasteiger partial charge in [-0.05, 0) is 37.3 Å². The van der Waals surface area contributed by atoms with E-state index in [0.29, 0.717) is 0 Å². The van der Waals surface area contributed by atoms with Crippen LogP contribution in [0.3, 0.4) is 0 Å². The number of hydrogen-bond acceptors (Lipinski definition) is 4. The van der Waals surface area contributed by atoms with Gasteiger partial charge in [-0.3, -0.25) is 0 Å². The summed E-state index contributed by atoms with van der Waals surface area (Å²) in [6.07, 6.45) is 0. The van der Waals surface area contributed by atoms with E-state index in [1.165, 1.54) is 10.5 Å². The molecule has 4 heteroatoms. The smallest absolute Gasteiger partial charge is 0.123 e. The lowest BCUT2D eigenvalue weighted by molar-refractivity contribution is 0.396. The second kappa shape index (κ2) is 7.38. The second-order valence-electron chi connectivity index (χ2n) is 4.84. The van der Waals surface area contributed by atoms with Crippen LogP contribution in [0.15, 0.2) is 47.4 Å². The Labute approximate surface area is 130 Å². The largest absolute Gasteiger partial charge is 0.497 e. The predicted molar refractivity (Wildman–Crippen MR) is 88.4 cm³/mol.